The van der Waals surface area contributed by atoms with Crippen molar-refractivity contribution in [3.63, 3.8) is 0 Å². The summed E-state index contributed by atoms with van der Waals surface area (Å²) < 4.78 is 2.01. The van der Waals surface area contributed by atoms with Crippen LogP contribution in [0.5, 0.6) is 0 Å². The van der Waals surface area contributed by atoms with E-state index in [9.17, 15) is 4.79 Å². The average molecular weight is 333 g/mol. The van der Waals surface area contributed by atoms with Crippen LogP contribution in [-0.4, -0.2) is 25.7 Å². The molecular weight excluding hydrogens is 314 g/mol. The quantitative estimate of drug-likeness (QED) is 0.794. The molecule has 1 saturated carbocycles. The fraction of sp³-hybridized carbons (Fsp3) is 0.263. The Morgan fingerprint density at radius 3 is 2.64 bits per heavy atom. The molecule has 1 aliphatic carbocycles. The number of rotatable bonds is 4. The van der Waals surface area contributed by atoms with Gasteiger partial charge in [0.15, 0.2) is 0 Å². The second-order valence-corrected chi connectivity index (χ2v) is 6.42. The maximum absolute atomic E-state index is 12.3. The number of hydrogen-bond donors (Lipinski definition) is 1. The first kappa shape index (κ1) is 15.5. The van der Waals surface area contributed by atoms with Crippen molar-refractivity contribution in [1.82, 2.24) is 19.7 Å². The van der Waals surface area contributed by atoms with Crippen LogP contribution in [0.2, 0.25) is 0 Å². The highest BCUT2D eigenvalue weighted by molar-refractivity contribution is 6.04. The molecule has 1 N–H and O–H groups in total. The minimum Gasteiger partial charge on any atom is -0.322 e. The maximum atomic E-state index is 12.3. The van der Waals surface area contributed by atoms with Gasteiger partial charge in [-0.15, -0.1) is 0 Å². The monoisotopic (exact) mass is 333 g/mol. The number of amides is 1. The van der Waals surface area contributed by atoms with Gasteiger partial charge in [0.2, 0.25) is 0 Å². The third-order valence-corrected chi connectivity index (χ3v) is 4.38. The smallest absolute Gasteiger partial charge is 0.259 e. The number of nitrogens with zero attached hydrogens (tertiary/aromatic N) is 4. The molecule has 1 amide bonds. The summed E-state index contributed by atoms with van der Waals surface area (Å²) in [4.78, 5) is 20.3. The Kier molecular flexibility index (Phi) is 3.80. The van der Waals surface area contributed by atoms with Gasteiger partial charge in [0.25, 0.3) is 5.91 Å². The van der Waals surface area contributed by atoms with Crippen molar-refractivity contribution in [3.05, 3.63) is 65.5 Å². The molecule has 1 fully saturated rings. The van der Waals surface area contributed by atoms with Crippen molar-refractivity contribution in [2.24, 2.45) is 0 Å². The third kappa shape index (κ3) is 3.15. The van der Waals surface area contributed by atoms with Gasteiger partial charge in [0.1, 0.15) is 6.33 Å². The van der Waals surface area contributed by atoms with E-state index in [4.69, 9.17) is 0 Å². The lowest BCUT2D eigenvalue weighted by Crippen LogP contribution is -2.14. The molecule has 0 atom stereocenters. The van der Waals surface area contributed by atoms with Crippen LogP contribution < -0.4 is 5.32 Å². The second kappa shape index (κ2) is 6.12. The molecule has 1 aliphatic rings. The third-order valence-electron chi connectivity index (χ3n) is 4.38. The molecule has 0 saturated heterocycles. The number of anilines is 1. The largest absolute Gasteiger partial charge is 0.322 e. The Morgan fingerprint density at radius 1 is 1.20 bits per heavy atom. The van der Waals surface area contributed by atoms with E-state index in [-0.39, 0.29) is 5.91 Å². The summed E-state index contributed by atoms with van der Waals surface area (Å²) in [6.45, 7) is 3.81. The van der Waals surface area contributed by atoms with Gasteiger partial charge in [-0.2, -0.15) is 5.10 Å². The van der Waals surface area contributed by atoms with Crippen molar-refractivity contribution in [1.29, 1.82) is 0 Å². The fourth-order valence-electron chi connectivity index (χ4n) is 2.89. The van der Waals surface area contributed by atoms with E-state index in [1.807, 2.05) is 35.9 Å². The average Bonchev–Trinajstić information content (AvgIpc) is 3.38. The summed E-state index contributed by atoms with van der Waals surface area (Å²) in [5, 5.41) is 7.49. The second-order valence-electron chi connectivity index (χ2n) is 6.42. The molecular formula is C19H19N5O. The highest BCUT2D eigenvalue weighted by Crippen LogP contribution is 2.41. The number of carbonyl (C=O) groups is 1. The zero-order valence-electron chi connectivity index (χ0n) is 14.2. The number of carbonyl (C=O) groups excluding carboxylic acids is 1. The van der Waals surface area contributed by atoms with Crippen LogP contribution in [0.3, 0.4) is 0 Å². The number of benzene rings is 1. The van der Waals surface area contributed by atoms with Crippen molar-refractivity contribution < 1.29 is 4.79 Å². The lowest BCUT2D eigenvalue weighted by atomic mass is 10.2. The summed E-state index contributed by atoms with van der Waals surface area (Å²) in [6, 6.07) is 9.89. The molecule has 0 spiro atoms. The van der Waals surface area contributed by atoms with E-state index in [2.05, 4.69) is 26.4 Å². The van der Waals surface area contributed by atoms with Crippen LogP contribution in [0.1, 0.15) is 46.2 Å². The maximum Gasteiger partial charge on any atom is 0.259 e. The van der Waals surface area contributed by atoms with Gasteiger partial charge in [-0.05, 0) is 57.0 Å². The van der Waals surface area contributed by atoms with E-state index >= 15 is 0 Å². The van der Waals surface area contributed by atoms with Gasteiger partial charge < -0.3 is 5.32 Å². The standard InChI is InChI=1S/C19H19N5O/c1-12-9-18(14-3-4-14)24(23-12)16-7-5-15(6-8-16)22-19(25)17-10-20-11-21-13(17)2/h5-11,14H,3-4H2,1-2H3,(H,22,25). The molecule has 0 unspecified atom stereocenters. The van der Waals surface area contributed by atoms with Crippen LogP contribution >= 0.6 is 0 Å². The normalized spacial score (nSPS) is 13.7. The van der Waals surface area contributed by atoms with Crippen LogP contribution in [-0.2, 0) is 0 Å². The van der Waals surface area contributed by atoms with Gasteiger partial charge in [-0.1, -0.05) is 0 Å². The molecule has 6 nitrogen and oxygen atoms in total. The summed E-state index contributed by atoms with van der Waals surface area (Å²) in [5.41, 5.74) is 5.17. The molecule has 0 bridgehead atoms. The van der Waals surface area contributed by atoms with E-state index in [1.165, 1.54) is 31.1 Å². The predicted octanol–water partition coefficient (Wildman–Crippen LogP) is 3.41. The zero-order chi connectivity index (χ0) is 17.4. The molecule has 4 rings (SSSR count). The van der Waals surface area contributed by atoms with Crippen molar-refractivity contribution in [3.8, 4) is 5.69 Å². The van der Waals surface area contributed by atoms with Crippen molar-refractivity contribution in [2.45, 2.75) is 32.6 Å². The van der Waals surface area contributed by atoms with E-state index in [0.29, 0.717) is 17.2 Å². The Bertz CT molecular complexity index is 925. The molecule has 126 valence electrons. The number of hydrogen-bond acceptors (Lipinski definition) is 4. The Labute approximate surface area is 145 Å². The van der Waals surface area contributed by atoms with Gasteiger partial charge in [-0.25, -0.2) is 14.6 Å². The molecule has 6 heteroatoms. The van der Waals surface area contributed by atoms with Crippen molar-refractivity contribution >= 4 is 11.6 Å². The summed E-state index contributed by atoms with van der Waals surface area (Å²) in [5.74, 6) is 0.418. The molecule has 1 aromatic carbocycles. The topological polar surface area (TPSA) is 72.7 Å². The van der Waals surface area contributed by atoms with Gasteiger partial charge in [-0.3, -0.25) is 4.79 Å². The van der Waals surface area contributed by atoms with E-state index < -0.39 is 0 Å². The first-order valence-corrected chi connectivity index (χ1v) is 8.37. The number of aromatic nitrogens is 4. The van der Waals surface area contributed by atoms with Gasteiger partial charge >= 0.3 is 0 Å². The minimum atomic E-state index is -0.209. The molecule has 2 aromatic heterocycles. The molecule has 0 aliphatic heterocycles. The molecule has 3 aromatic rings. The molecule has 2 heterocycles. The molecule has 25 heavy (non-hydrogen) atoms. The summed E-state index contributed by atoms with van der Waals surface area (Å²) in [7, 11) is 0. The van der Waals surface area contributed by atoms with Crippen molar-refractivity contribution in [2.75, 3.05) is 5.32 Å². The SMILES string of the molecule is Cc1cc(C2CC2)n(-c2ccc(NC(=O)c3cncnc3C)cc2)n1. The van der Waals surface area contributed by atoms with Gasteiger partial charge in [0.05, 0.1) is 22.6 Å². The van der Waals surface area contributed by atoms with E-state index in [0.717, 1.165) is 17.1 Å². The lowest BCUT2D eigenvalue weighted by Gasteiger charge is -2.09. The first-order chi connectivity index (χ1) is 12.1. The Hall–Kier alpha value is -3.02. The highest BCUT2D eigenvalue weighted by Gasteiger charge is 2.28. The summed E-state index contributed by atoms with van der Waals surface area (Å²) in [6.07, 6.45) is 5.43. The zero-order valence-corrected chi connectivity index (χ0v) is 14.2. The summed E-state index contributed by atoms with van der Waals surface area (Å²) >= 11 is 0. The first-order valence-electron chi connectivity index (χ1n) is 8.37. The van der Waals surface area contributed by atoms with Crippen LogP contribution in [0.4, 0.5) is 5.69 Å². The number of nitrogens with one attached hydrogen (secondary N) is 1. The van der Waals surface area contributed by atoms with E-state index in [1.54, 1.807) is 6.92 Å². The molecule has 0 radical (unpaired) electrons. The minimum absolute atomic E-state index is 0.209. The predicted molar refractivity (Wildman–Crippen MR) is 95.0 cm³/mol. The lowest BCUT2D eigenvalue weighted by molar-refractivity contribution is 0.102. The fourth-order valence-corrected chi connectivity index (χ4v) is 2.89. The van der Waals surface area contributed by atoms with Crippen LogP contribution in [0, 0.1) is 13.8 Å². The Balaban J connectivity index is 1.55. The number of aryl methyl sites for hydroxylation is 2. The van der Waals surface area contributed by atoms with Crippen LogP contribution in [0.25, 0.3) is 5.69 Å². The van der Waals surface area contributed by atoms with Crippen LogP contribution in [0.15, 0.2) is 42.9 Å². The Morgan fingerprint density at radius 2 is 1.96 bits per heavy atom. The highest BCUT2D eigenvalue weighted by atomic mass is 16.1. The van der Waals surface area contributed by atoms with Gasteiger partial charge in [0, 0.05) is 23.5 Å².